The van der Waals surface area contributed by atoms with Gasteiger partial charge in [0.05, 0.1) is 0 Å². The van der Waals surface area contributed by atoms with Gasteiger partial charge in [0.25, 0.3) is 6.36 Å². The number of alkyl halides is 1. The molecule has 0 aliphatic rings. The van der Waals surface area contributed by atoms with Crippen molar-refractivity contribution in [2.75, 3.05) is 0 Å². The van der Waals surface area contributed by atoms with Gasteiger partial charge in [-0.05, 0) is 23.9 Å². The molecule has 67 valence electrons. The fraction of sp³-hybridized carbons (Fsp3) is 0.200. The van der Waals surface area contributed by atoms with Crippen LogP contribution in [0.15, 0.2) is 24.4 Å². The zero-order valence-corrected chi connectivity index (χ0v) is 7.17. The number of rotatable bonds is 1. The number of aromatic amines is 1. The minimum Gasteiger partial charge on any atom is -0.361 e. The molecule has 2 aromatic rings. The van der Waals surface area contributed by atoms with Crippen molar-refractivity contribution in [1.82, 2.24) is 4.98 Å². The van der Waals surface area contributed by atoms with Crippen molar-refractivity contribution >= 4 is 10.9 Å². The van der Waals surface area contributed by atoms with Crippen LogP contribution in [-0.4, -0.2) is 4.98 Å². The third-order valence-corrected chi connectivity index (χ3v) is 2.27. The Labute approximate surface area is 75.0 Å². The Morgan fingerprint density at radius 1 is 1.38 bits per heavy atom. The monoisotopic (exact) mass is 178 g/mol. The largest absolute Gasteiger partial charge is 0.361 e. The molecule has 3 heteroatoms. The number of aryl methyl sites for hydroxylation is 1. The third-order valence-electron chi connectivity index (χ3n) is 2.27. The zero-order chi connectivity index (χ0) is 9.42. The van der Waals surface area contributed by atoms with Crippen molar-refractivity contribution < 1.29 is 9.50 Å². The van der Waals surface area contributed by atoms with E-state index in [1.54, 1.807) is 25.3 Å². The fourth-order valence-electron chi connectivity index (χ4n) is 1.54. The summed E-state index contributed by atoms with van der Waals surface area (Å²) in [5.74, 6) is 0. The van der Waals surface area contributed by atoms with E-state index in [0.717, 1.165) is 10.9 Å². The molecule has 0 aliphatic heterocycles. The van der Waals surface area contributed by atoms with E-state index in [1.807, 2.05) is 6.07 Å². The van der Waals surface area contributed by atoms with Crippen molar-refractivity contribution in [1.29, 1.82) is 0 Å². The van der Waals surface area contributed by atoms with Crippen LogP contribution in [0.4, 0.5) is 4.39 Å². The molecule has 1 unspecified atom stereocenters. The Morgan fingerprint density at radius 2 is 2.15 bits per heavy atom. The summed E-state index contributed by atoms with van der Waals surface area (Å²) in [6.07, 6.45) is -0.368. The number of H-pyrrole nitrogens is 1. The summed E-state index contributed by atoms with van der Waals surface area (Å²) >= 11 is 0. The topological polar surface area (TPSA) is 35.7 Å². The van der Waals surface area contributed by atoms with E-state index < -0.39 is 6.36 Å². The predicted octanol–water partition coefficient (Wildman–Crippen LogP) is 2.87. The molecule has 2 rings (SSSR count). The Hall–Kier alpha value is -1.35. The fourth-order valence-corrected chi connectivity index (χ4v) is 1.54. The first kappa shape index (κ1) is 8.26. The van der Waals surface area contributed by atoms with Gasteiger partial charge in [0, 0.05) is 17.3 Å². The summed E-state index contributed by atoms with van der Waals surface area (Å²) in [6, 6.07) is 5.19. The van der Waals surface area contributed by atoms with E-state index in [0.29, 0.717) is 5.56 Å². The average molecular weight is 178 g/mol. The molecule has 0 spiro atoms. The number of hydrogen-bond donors (Lipinski definition) is 1. The summed E-state index contributed by atoms with van der Waals surface area (Å²) in [7, 11) is 0. The predicted molar refractivity (Wildman–Crippen MR) is 47.6 cm³/mol. The van der Waals surface area contributed by atoms with E-state index in [-0.39, 0.29) is 5.56 Å². The number of hydrogen-bond acceptors (Lipinski definition) is 0. The Bertz CT molecular complexity index is 433. The number of fused-ring (bicyclic) bond motifs is 1. The minimum absolute atomic E-state index is 0.218. The van der Waals surface area contributed by atoms with Crippen LogP contribution < -0.4 is 0 Å². The summed E-state index contributed by atoms with van der Waals surface area (Å²) in [5, 5.41) is 11.6. The maximum Gasteiger partial charge on any atom is 0.257 e. The van der Waals surface area contributed by atoms with Gasteiger partial charge >= 0.3 is 0 Å². The normalized spacial score (nSPS) is 13.5. The highest BCUT2D eigenvalue weighted by atomic mass is 19.1. The molecule has 0 aliphatic carbocycles. The highest BCUT2D eigenvalue weighted by Crippen LogP contribution is 2.25. The third kappa shape index (κ3) is 1.21. The molecule has 1 radical (unpaired) electrons. The van der Waals surface area contributed by atoms with Gasteiger partial charge in [-0.25, -0.2) is 4.39 Å². The Balaban J connectivity index is 2.73. The van der Waals surface area contributed by atoms with Crippen LogP contribution >= 0.6 is 0 Å². The summed E-state index contributed by atoms with van der Waals surface area (Å²) in [5.41, 5.74) is 1.76. The van der Waals surface area contributed by atoms with Crippen LogP contribution in [0.3, 0.4) is 0 Å². The molecule has 0 bridgehead atoms. The molecule has 0 saturated heterocycles. The van der Waals surface area contributed by atoms with Gasteiger partial charge in [0.15, 0.2) is 0 Å². The molecular formula is C10H9FNO. The van der Waals surface area contributed by atoms with E-state index >= 15 is 0 Å². The second-order valence-corrected chi connectivity index (χ2v) is 3.04. The van der Waals surface area contributed by atoms with E-state index in [1.165, 1.54) is 0 Å². The molecule has 0 fully saturated rings. The van der Waals surface area contributed by atoms with Gasteiger partial charge in [-0.15, -0.1) is 0 Å². The lowest BCUT2D eigenvalue weighted by Gasteiger charge is -2.05. The molecule has 13 heavy (non-hydrogen) atoms. The zero-order valence-electron chi connectivity index (χ0n) is 7.17. The van der Waals surface area contributed by atoms with Crippen LogP contribution in [0, 0.1) is 6.92 Å². The lowest BCUT2D eigenvalue weighted by molar-refractivity contribution is -0.0251. The molecule has 1 heterocycles. The summed E-state index contributed by atoms with van der Waals surface area (Å²) < 4.78 is 12.6. The molecule has 1 aromatic carbocycles. The highest BCUT2D eigenvalue weighted by Gasteiger charge is 2.12. The minimum atomic E-state index is -2.15. The summed E-state index contributed by atoms with van der Waals surface area (Å²) in [4.78, 5) is 2.98. The van der Waals surface area contributed by atoms with E-state index in [9.17, 15) is 9.50 Å². The van der Waals surface area contributed by atoms with E-state index in [2.05, 4.69) is 4.98 Å². The van der Waals surface area contributed by atoms with Crippen molar-refractivity contribution in [2.45, 2.75) is 13.3 Å². The Morgan fingerprint density at radius 3 is 2.85 bits per heavy atom. The lowest BCUT2D eigenvalue weighted by Crippen LogP contribution is -1.92. The Kier molecular flexibility index (Phi) is 1.81. The smallest absolute Gasteiger partial charge is 0.257 e. The van der Waals surface area contributed by atoms with Gasteiger partial charge in [0.2, 0.25) is 0 Å². The average Bonchev–Trinajstić information content (AvgIpc) is 2.52. The van der Waals surface area contributed by atoms with Gasteiger partial charge in [-0.2, -0.15) is 5.11 Å². The second kappa shape index (κ2) is 2.85. The number of halogens is 1. The molecule has 1 atom stereocenters. The SMILES string of the molecule is Cc1c(C([O])F)ccc2cc[nH]c12. The first-order valence-electron chi connectivity index (χ1n) is 4.06. The van der Waals surface area contributed by atoms with Crippen LogP contribution in [-0.2, 0) is 5.11 Å². The maximum atomic E-state index is 12.6. The first-order chi connectivity index (χ1) is 6.20. The molecule has 0 saturated carbocycles. The van der Waals surface area contributed by atoms with E-state index in [4.69, 9.17) is 0 Å². The van der Waals surface area contributed by atoms with Crippen molar-refractivity contribution in [3.63, 3.8) is 0 Å². The van der Waals surface area contributed by atoms with Gasteiger partial charge < -0.3 is 4.98 Å². The standard InChI is InChI=1S/C10H9FNO/c1-6-8(10(11)13)3-2-7-4-5-12-9(6)7/h2-5,10,12H,1H3. The summed E-state index contributed by atoms with van der Waals surface area (Å²) in [6.45, 7) is 1.75. The highest BCUT2D eigenvalue weighted by molar-refractivity contribution is 5.83. The van der Waals surface area contributed by atoms with Gasteiger partial charge in [-0.1, -0.05) is 12.1 Å². The van der Waals surface area contributed by atoms with Crippen LogP contribution in [0.25, 0.3) is 10.9 Å². The quantitative estimate of drug-likeness (QED) is 0.697. The number of benzene rings is 1. The molecular weight excluding hydrogens is 169 g/mol. The van der Waals surface area contributed by atoms with Crippen molar-refractivity contribution in [2.24, 2.45) is 0 Å². The van der Waals surface area contributed by atoms with Crippen molar-refractivity contribution in [3.8, 4) is 0 Å². The van der Waals surface area contributed by atoms with Gasteiger partial charge in [-0.3, -0.25) is 0 Å². The molecule has 1 aromatic heterocycles. The van der Waals surface area contributed by atoms with Crippen LogP contribution in [0.1, 0.15) is 17.5 Å². The van der Waals surface area contributed by atoms with Gasteiger partial charge in [0.1, 0.15) is 0 Å². The second-order valence-electron chi connectivity index (χ2n) is 3.04. The van der Waals surface area contributed by atoms with Crippen LogP contribution in [0.2, 0.25) is 0 Å². The van der Waals surface area contributed by atoms with Crippen molar-refractivity contribution in [3.05, 3.63) is 35.5 Å². The maximum absolute atomic E-state index is 12.6. The molecule has 2 nitrogen and oxygen atoms in total. The molecule has 1 N–H and O–H groups in total. The van der Waals surface area contributed by atoms with Crippen LogP contribution in [0.5, 0.6) is 0 Å². The molecule has 0 amide bonds. The lowest BCUT2D eigenvalue weighted by atomic mass is 10.1. The first-order valence-corrected chi connectivity index (χ1v) is 4.06. The number of nitrogens with one attached hydrogen (secondary N) is 1. The number of aromatic nitrogens is 1.